The second-order valence-electron chi connectivity index (χ2n) is 11.2. The fourth-order valence-corrected chi connectivity index (χ4v) is 6.34. The van der Waals surface area contributed by atoms with Crippen LogP contribution < -0.4 is 0 Å². The van der Waals surface area contributed by atoms with Gasteiger partial charge in [0.15, 0.2) is 0 Å². The molecule has 2 aromatic carbocycles. The number of β-amino-alcohol motifs (C(OH)–C–C–N with tert-alkyl or cyclic N) is 1. The first-order valence-corrected chi connectivity index (χ1v) is 13.6. The van der Waals surface area contributed by atoms with Gasteiger partial charge in [0, 0.05) is 43.9 Å². The number of rotatable bonds is 5. The van der Waals surface area contributed by atoms with Crippen molar-refractivity contribution < 1.29 is 50.2 Å². The highest BCUT2D eigenvalue weighted by molar-refractivity contribution is 5.88. The van der Waals surface area contributed by atoms with Crippen LogP contribution in [0.25, 0.3) is 0 Å². The first-order chi connectivity index (χ1) is 19.6. The third-order valence-electron chi connectivity index (χ3n) is 8.40. The Morgan fingerprint density at radius 2 is 1.62 bits per heavy atom. The Kier molecular flexibility index (Phi) is 8.03. The van der Waals surface area contributed by atoms with Gasteiger partial charge in [-0.05, 0) is 61.2 Å². The minimum absolute atomic E-state index is 0.00961. The van der Waals surface area contributed by atoms with Crippen LogP contribution in [0, 0.1) is 11.7 Å². The second-order valence-corrected chi connectivity index (χ2v) is 11.2. The lowest BCUT2D eigenvalue weighted by molar-refractivity contribution is -0.146. The van der Waals surface area contributed by atoms with Crippen molar-refractivity contribution in [3.05, 3.63) is 70.5 Å². The Morgan fingerprint density at radius 1 is 1.00 bits per heavy atom. The van der Waals surface area contributed by atoms with Crippen LogP contribution in [-0.4, -0.2) is 64.6 Å². The monoisotopic (exact) mass is 602 g/mol. The molecule has 228 valence electrons. The maximum atomic E-state index is 13.8. The molecule has 2 aromatic rings. The van der Waals surface area contributed by atoms with Gasteiger partial charge in [-0.3, -0.25) is 9.59 Å². The van der Waals surface area contributed by atoms with E-state index in [4.69, 9.17) is 4.74 Å². The summed E-state index contributed by atoms with van der Waals surface area (Å²) in [6.45, 7) is 1.85. The summed E-state index contributed by atoms with van der Waals surface area (Å²) < 4.78 is 101. The lowest BCUT2D eigenvalue weighted by atomic mass is 9.81. The van der Waals surface area contributed by atoms with Crippen LogP contribution in [0.5, 0.6) is 0 Å². The zero-order valence-electron chi connectivity index (χ0n) is 22.5. The van der Waals surface area contributed by atoms with Gasteiger partial charge in [-0.15, -0.1) is 0 Å². The molecule has 1 N–H and O–H groups in total. The molecule has 3 saturated heterocycles. The number of hydrogen-bond donors (Lipinski definition) is 1. The Bertz CT molecular complexity index is 1300. The summed E-state index contributed by atoms with van der Waals surface area (Å²) in [5.74, 6) is -2.44. The Hall–Kier alpha value is -3.19. The molecule has 0 bridgehead atoms. The number of amides is 2. The maximum Gasteiger partial charge on any atom is 0.416 e. The van der Waals surface area contributed by atoms with Crippen molar-refractivity contribution in [2.24, 2.45) is 5.92 Å². The highest BCUT2D eigenvalue weighted by atomic mass is 19.4. The van der Waals surface area contributed by atoms with Gasteiger partial charge in [0.05, 0.1) is 29.4 Å². The Balaban J connectivity index is 1.45. The molecule has 3 fully saturated rings. The predicted octanol–water partition coefficient (Wildman–Crippen LogP) is 5.31. The van der Waals surface area contributed by atoms with Crippen molar-refractivity contribution >= 4 is 11.8 Å². The summed E-state index contributed by atoms with van der Waals surface area (Å²) in [6.07, 6.45) is -12.2. The molecule has 0 saturated carbocycles. The van der Waals surface area contributed by atoms with Crippen molar-refractivity contribution in [3.63, 3.8) is 0 Å². The zero-order valence-corrected chi connectivity index (χ0v) is 22.5. The number of fused-ring (bicyclic) bond motifs is 1. The average molecular weight is 603 g/mol. The SMILES string of the molecule is C[C@@H](O[C@H]1CN2C(=O)CC(C(=O)N3CCC(O)C3)C[C@H]2C1c1ccc(F)cc1)c1cc(C(F)(F)F)cc(C(F)(F)F)c1. The van der Waals surface area contributed by atoms with Crippen LogP contribution in [0.3, 0.4) is 0 Å². The van der Waals surface area contributed by atoms with Crippen molar-refractivity contribution in [2.45, 2.75) is 68.8 Å². The van der Waals surface area contributed by atoms with E-state index < -0.39 is 65.5 Å². The molecular formula is C29H29F7N2O4. The number of piperidine rings is 1. The Labute approximate surface area is 237 Å². The number of ether oxygens (including phenoxy) is 1. The van der Waals surface area contributed by atoms with Crippen LogP contribution in [-0.2, 0) is 26.7 Å². The van der Waals surface area contributed by atoms with E-state index in [9.17, 15) is 45.4 Å². The highest BCUT2D eigenvalue weighted by Gasteiger charge is 2.51. The van der Waals surface area contributed by atoms with Crippen LogP contribution in [0.1, 0.15) is 60.5 Å². The first kappa shape index (κ1) is 30.3. The number of benzene rings is 2. The van der Waals surface area contributed by atoms with Crippen molar-refractivity contribution in [1.82, 2.24) is 9.80 Å². The van der Waals surface area contributed by atoms with Gasteiger partial charge in [-0.25, -0.2) is 4.39 Å². The van der Waals surface area contributed by atoms with E-state index in [1.54, 1.807) is 0 Å². The molecule has 6 nitrogen and oxygen atoms in total. The van der Waals surface area contributed by atoms with Gasteiger partial charge in [-0.2, -0.15) is 26.3 Å². The summed E-state index contributed by atoms with van der Waals surface area (Å²) in [5.41, 5.74) is -2.72. The van der Waals surface area contributed by atoms with Gasteiger partial charge in [-0.1, -0.05) is 12.1 Å². The number of aliphatic hydroxyl groups excluding tert-OH is 1. The molecule has 2 amide bonds. The summed E-state index contributed by atoms with van der Waals surface area (Å²) in [6, 6.07) is 6.08. The number of nitrogens with zero attached hydrogens (tertiary/aromatic N) is 2. The minimum atomic E-state index is -5.03. The summed E-state index contributed by atoms with van der Waals surface area (Å²) in [5, 5.41) is 9.86. The summed E-state index contributed by atoms with van der Waals surface area (Å²) >= 11 is 0. The second kappa shape index (κ2) is 11.1. The molecule has 13 heteroatoms. The average Bonchev–Trinajstić information content (AvgIpc) is 3.51. The number of hydrogen-bond acceptors (Lipinski definition) is 4. The summed E-state index contributed by atoms with van der Waals surface area (Å²) in [4.78, 5) is 29.5. The van der Waals surface area contributed by atoms with Gasteiger partial charge in [0.2, 0.25) is 11.8 Å². The number of alkyl halides is 6. The standard InChI is InChI=1S/C29H29F7N2O4/c1-15(17-8-19(28(31,32)33)12-20(9-17)29(34,35)36)42-24-14-38-23(26(24)16-2-4-21(30)5-3-16)10-18(11-25(38)40)27(41)37-7-6-22(39)13-37/h2-5,8-9,12,15,18,22-24,26,39H,6-7,10-11,13-14H2,1H3/t15-,18?,22?,23+,24+,26?/m1/s1. The van der Waals surface area contributed by atoms with E-state index in [1.165, 1.54) is 41.0 Å². The first-order valence-electron chi connectivity index (χ1n) is 13.6. The van der Waals surface area contributed by atoms with Gasteiger partial charge in [0.1, 0.15) is 5.82 Å². The third-order valence-corrected chi connectivity index (χ3v) is 8.40. The fraction of sp³-hybridized carbons (Fsp3) is 0.517. The molecule has 0 radical (unpaired) electrons. The largest absolute Gasteiger partial charge is 0.416 e. The van der Waals surface area contributed by atoms with Crippen LogP contribution in [0.2, 0.25) is 0 Å². The van der Waals surface area contributed by atoms with E-state index in [1.807, 2.05) is 0 Å². The Morgan fingerprint density at radius 3 is 2.17 bits per heavy atom. The number of carbonyl (C=O) groups excluding carboxylic acids is 2. The van der Waals surface area contributed by atoms with Crippen molar-refractivity contribution in [1.29, 1.82) is 0 Å². The molecule has 42 heavy (non-hydrogen) atoms. The maximum absolute atomic E-state index is 13.8. The van der Waals surface area contributed by atoms with E-state index in [2.05, 4.69) is 0 Å². The fourth-order valence-electron chi connectivity index (χ4n) is 6.34. The summed E-state index contributed by atoms with van der Waals surface area (Å²) in [7, 11) is 0. The number of aliphatic hydroxyl groups is 1. The number of carbonyl (C=O) groups is 2. The van der Waals surface area contributed by atoms with Crippen molar-refractivity contribution in [2.75, 3.05) is 19.6 Å². The van der Waals surface area contributed by atoms with Gasteiger partial charge >= 0.3 is 12.4 Å². The number of halogens is 7. The van der Waals surface area contributed by atoms with E-state index >= 15 is 0 Å². The molecular weight excluding hydrogens is 573 g/mol. The van der Waals surface area contributed by atoms with E-state index in [0.717, 1.165) is 0 Å². The molecule has 3 aliphatic heterocycles. The van der Waals surface area contributed by atoms with Crippen LogP contribution in [0.4, 0.5) is 30.7 Å². The van der Waals surface area contributed by atoms with Crippen molar-refractivity contribution in [3.8, 4) is 0 Å². The molecule has 3 heterocycles. The van der Waals surface area contributed by atoms with E-state index in [0.29, 0.717) is 30.7 Å². The van der Waals surface area contributed by atoms with Gasteiger partial charge in [0.25, 0.3) is 0 Å². The molecule has 5 rings (SSSR count). The molecule has 0 aromatic heterocycles. The van der Waals surface area contributed by atoms with Crippen LogP contribution in [0.15, 0.2) is 42.5 Å². The highest BCUT2D eigenvalue weighted by Crippen LogP contribution is 2.45. The lowest BCUT2D eigenvalue weighted by Crippen LogP contribution is -2.48. The zero-order chi connectivity index (χ0) is 30.6. The van der Waals surface area contributed by atoms with Crippen LogP contribution >= 0.6 is 0 Å². The molecule has 6 atom stereocenters. The van der Waals surface area contributed by atoms with Gasteiger partial charge < -0.3 is 19.6 Å². The number of likely N-dealkylation sites (tertiary alicyclic amines) is 1. The molecule has 0 spiro atoms. The third kappa shape index (κ3) is 6.12. The topological polar surface area (TPSA) is 70.1 Å². The molecule has 0 aliphatic carbocycles. The minimum Gasteiger partial charge on any atom is -0.391 e. The molecule has 3 unspecified atom stereocenters. The lowest BCUT2D eigenvalue weighted by Gasteiger charge is -2.37. The molecule has 3 aliphatic rings. The normalized spacial score (nSPS) is 27.4. The predicted molar refractivity (Wildman–Crippen MR) is 134 cm³/mol. The quantitative estimate of drug-likeness (QED) is 0.472. The smallest absolute Gasteiger partial charge is 0.391 e. The van der Waals surface area contributed by atoms with E-state index in [-0.39, 0.29) is 49.4 Å².